The second kappa shape index (κ2) is 7.47. The molecular formula is C14H25N3O3. The van der Waals surface area contributed by atoms with E-state index in [1.807, 2.05) is 0 Å². The first-order valence-electron chi connectivity index (χ1n) is 7.65. The van der Waals surface area contributed by atoms with Gasteiger partial charge < -0.3 is 20.2 Å². The van der Waals surface area contributed by atoms with Crippen LogP contribution >= 0.6 is 0 Å². The number of urea groups is 1. The Morgan fingerprint density at radius 3 is 2.55 bits per heavy atom. The van der Waals surface area contributed by atoms with Crippen molar-refractivity contribution in [2.75, 3.05) is 39.3 Å². The number of likely N-dealkylation sites (tertiary alicyclic amines) is 2. The summed E-state index contributed by atoms with van der Waals surface area (Å²) in [5.74, 6) is -1.20. The second-order valence-electron chi connectivity index (χ2n) is 5.76. The molecule has 0 radical (unpaired) electrons. The van der Waals surface area contributed by atoms with Gasteiger partial charge in [0.05, 0.1) is 5.92 Å². The molecule has 0 saturated carbocycles. The minimum absolute atomic E-state index is 0.118. The highest BCUT2D eigenvalue weighted by Gasteiger charge is 2.27. The van der Waals surface area contributed by atoms with E-state index in [9.17, 15) is 9.59 Å². The Balaban J connectivity index is 1.67. The number of nitrogens with one attached hydrogen (secondary N) is 1. The second-order valence-corrected chi connectivity index (χ2v) is 5.76. The summed E-state index contributed by atoms with van der Waals surface area (Å²) in [5, 5.41) is 11.9. The van der Waals surface area contributed by atoms with Crippen molar-refractivity contribution < 1.29 is 14.7 Å². The van der Waals surface area contributed by atoms with Gasteiger partial charge >= 0.3 is 12.0 Å². The molecule has 2 heterocycles. The fourth-order valence-corrected chi connectivity index (χ4v) is 2.98. The van der Waals surface area contributed by atoms with E-state index in [1.54, 1.807) is 4.90 Å². The third-order valence-electron chi connectivity index (χ3n) is 4.21. The molecule has 0 spiro atoms. The quantitative estimate of drug-likeness (QED) is 0.806. The van der Waals surface area contributed by atoms with Gasteiger partial charge in [-0.2, -0.15) is 0 Å². The third-order valence-corrected chi connectivity index (χ3v) is 4.21. The van der Waals surface area contributed by atoms with Crippen LogP contribution in [0.3, 0.4) is 0 Å². The number of hydrogen-bond acceptors (Lipinski definition) is 3. The molecule has 0 aromatic heterocycles. The molecule has 6 heteroatoms. The highest BCUT2D eigenvalue weighted by molar-refractivity contribution is 5.76. The Bertz CT molecular complexity index is 343. The van der Waals surface area contributed by atoms with Crippen molar-refractivity contribution in [3.63, 3.8) is 0 Å². The number of carboxylic acid groups (broad SMARTS) is 1. The summed E-state index contributed by atoms with van der Waals surface area (Å²) in [5.41, 5.74) is 0. The van der Waals surface area contributed by atoms with Gasteiger partial charge in [0.15, 0.2) is 0 Å². The monoisotopic (exact) mass is 283 g/mol. The number of carbonyl (C=O) groups is 2. The average molecular weight is 283 g/mol. The number of carbonyl (C=O) groups excluding carboxylic acids is 1. The SMILES string of the molecule is O=C(O)C1CCCN(C(=O)NCCN2CCCCC2)C1. The summed E-state index contributed by atoms with van der Waals surface area (Å²) in [6.45, 7) is 4.79. The van der Waals surface area contributed by atoms with Crippen LogP contribution < -0.4 is 5.32 Å². The molecule has 2 saturated heterocycles. The molecule has 2 rings (SSSR count). The molecule has 2 fully saturated rings. The number of hydrogen-bond donors (Lipinski definition) is 2. The lowest BCUT2D eigenvalue weighted by molar-refractivity contribution is -0.143. The van der Waals surface area contributed by atoms with Crippen molar-refractivity contribution in [3.8, 4) is 0 Å². The van der Waals surface area contributed by atoms with Gasteiger partial charge in [-0.1, -0.05) is 6.42 Å². The minimum Gasteiger partial charge on any atom is -0.481 e. The number of amides is 2. The molecule has 1 atom stereocenters. The van der Waals surface area contributed by atoms with E-state index in [0.29, 0.717) is 26.1 Å². The maximum absolute atomic E-state index is 12.0. The average Bonchev–Trinajstić information content (AvgIpc) is 2.48. The van der Waals surface area contributed by atoms with Gasteiger partial charge in [-0.05, 0) is 38.8 Å². The molecule has 2 aliphatic rings. The van der Waals surface area contributed by atoms with E-state index >= 15 is 0 Å². The Morgan fingerprint density at radius 1 is 1.10 bits per heavy atom. The minimum atomic E-state index is -0.796. The van der Waals surface area contributed by atoms with Crippen molar-refractivity contribution in [2.45, 2.75) is 32.1 Å². The maximum atomic E-state index is 12.0. The molecule has 1 unspecified atom stereocenters. The fraction of sp³-hybridized carbons (Fsp3) is 0.857. The third kappa shape index (κ3) is 4.37. The van der Waals surface area contributed by atoms with Gasteiger partial charge in [-0.3, -0.25) is 4.79 Å². The Labute approximate surface area is 120 Å². The molecule has 114 valence electrons. The van der Waals surface area contributed by atoms with Gasteiger partial charge in [-0.25, -0.2) is 4.79 Å². The first-order chi connectivity index (χ1) is 9.66. The summed E-state index contributed by atoms with van der Waals surface area (Å²) in [6.07, 6.45) is 5.26. The van der Waals surface area contributed by atoms with Gasteiger partial charge in [0.25, 0.3) is 0 Å². The summed E-state index contributed by atoms with van der Waals surface area (Å²) in [7, 11) is 0. The first-order valence-corrected chi connectivity index (χ1v) is 7.65. The smallest absolute Gasteiger partial charge is 0.317 e. The molecule has 6 nitrogen and oxygen atoms in total. The Morgan fingerprint density at radius 2 is 1.85 bits per heavy atom. The summed E-state index contributed by atoms with van der Waals surface area (Å²) < 4.78 is 0. The lowest BCUT2D eigenvalue weighted by Crippen LogP contribution is -2.48. The normalized spacial score (nSPS) is 24.4. The molecular weight excluding hydrogens is 258 g/mol. The van der Waals surface area contributed by atoms with Crippen LogP contribution in [0.4, 0.5) is 4.79 Å². The molecule has 0 aromatic carbocycles. The van der Waals surface area contributed by atoms with Crippen LogP contribution in [0, 0.1) is 5.92 Å². The highest BCUT2D eigenvalue weighted by Crippen LogP contribution is 2.16. The first kappa shape index (κ1) is 15.1. The zero-order valence-electron chi connectivity index (χ0n) is 12.0. The molecule has 0 aliphatic carbocycles. The topological polar surface area (TPSA) is 72.9 Å². The van der Waals surface area contributed by atoms with Crippen LogP contribution in [-0.4, -0.2) is 66.2 Å². The van der Waals surface area contributed by atoms with E-state index in [1.165, 1.54) is 19.3 Å². The summed E-state index contributed by atoms with van der Waals surface area (Å²) in [4.78, 5) is 27.0. The fourth-order valence-electron chi connectivity index (χ4n) is 2.98. The van der Waals surface area contributed by atoms with Crippen LogP contribution in [0.25, 0.3) is 0 Å². The number of rotatable bonds is 4. The van der Waals surface area contributed by atoms with Crippen molar-refractivity contribution in [1.82, 2.24) is 15.1 Å². The van der Waals surface area contributed by atoms with Crippen LogP contribution in [-0.2, 0) is 4.79 Å². The Hall–Kier alpha value is -1.30. The zero-order valence-corrected chi connectivity index (χ0v) is 12.0. The lowest BCUT2D eigenvalue weighted by Gasteiger charge is -2.31. The van der Waals surface area contributed by atoms with E-state index in [2.05, 4.69) is 10.2 Å². The van der Waals surface area contributed by atoms with Gasteiger partial charge in [0, 0.05) is 26.2 Å². The maximum Gasteiger partial charge on any atom is 0.317 e. The lowest BCUT2D eigenvalue weighted by atomic mass is 9.99. The number of carboxylic acids is 1. The van der Waals surface area contributed by atoms with Crippen LogP contribution in [0.15, 0.2) is 0 Å². The van der Waals surface area contributed by atoms with Crippen LogP contribution in [0.1, 0.15) is 32.1 Å². The number of aliphatic carboxylic acids is 1. The predicted octanol–water partition coefficient (Wildman–Crippen LogP) is 0.978. The molecule has 0 bridgehead atoms. The van der Waals surface area contributed by atoms with Crippen LogP contribution in [0.2, 0.25) is 0 Å². The van der Waals surface area contributed by atoms with Gasteiger partial charge in [0.1, 0.15) is 0 Å². The molecule has 20 heavy (non-hydrogen) atoms. The molecule has 2 amide bonds. The van der Waals surface area contributed by atoms with E-state index in [-0.39, 0.29) is 6.03 Å². The van der Waals surface area contributed by atoms with Crippen molar-refractivity contribution in [1.29, 1.82) is 0 Å². The number of piperidine rings is 2. The molecule has 0 aromatic rings. The van der Waals surface area contributed by atoms with E-state index < -0.39 is 11.9 Å². The van der Waals surface area contributed by atoms with Crippen molar-refractivity contribution >= 4 is 12.0 Å². The zero-order chi connectivity index (χ0) is 14.4. The predicted molar refractivity (Wildman–Crippen MR) is 75.6 cm³/mol. The van der Waals surface area contributed by atoms with Crippen molar-refractivity contribution in [3.05, 3.63) is 0 Å². The van der Waals surface area contributed by atoms with E-state index in [0.717, 1.165) is 26.1 Å². The standard InChI is InChI=1S/C14H25N3O3/c18-13(19)12-5-4-9-17(11-12)14(20)15-6-10-16-7-2-1-3-8-16/h12H,1-11H2,(H,15,20)(H,18,19). The number of nitrogens with zero attached hydrogens (tertiary/aromatic N) is 2. The summed E-state index contributed by atoms with van der Waals surface area (Å²) in [6, 6.07) is -0.118. The largest absolute Gasteiger partial charge is 0.481 e. The Kier molecular flexibility index (Phi) is 5.64. The van der Waals surface area contributed by atoms with Crippen molar-refractivity contribution in [2.24, 2.45) is 5.92 Å². The van der Waals surface area contributed by atoms with E-state index in [4.69, 9.17) is 5.11 Å². The highest BCUT2D eigenvalue weighted by atomic mass is 16.4. The molecule has 2 aliphatic heterocycles. The van der Waals surface area contributed by atoms with Gasteiger partial charge in [0.2, 0.25) is 0 Å². The molecule has 2 N–H and O–H groups in total. The summed E-state index contributed by atoms with van der Waals surface area (Å²) >= 11 is 0. The van der Waals surface area contributed by atoms with Gasteiger partial charge in [-0.15, -0.1) is 0 Å². The van der Waals surface area contributed by atoms with Crippen LogP contribution in [0.5, 0.6) is 0 Å².